The average Bonchev–Trinajstić information content (AvgIpc) is 1.97. The Balaban J connectivity index is 2.25. The molecular weight excluding hydrogens is 150 g/mol. The zero-order valence-corrected chi connectivity index (χ0v) is 8.08. The number of guanidine groups is 1. The Kier molecular flexibility index (Phi) is 3.38. The first-order chi connectivity index (χ1) is 5.74. The lowest BCUT2D eigenvalue weighted by molar-refractivity contribution is 0.257. The van der Waals surface area contributed by atoms with Crippen LogP contribution in [0.5, 0.6) is 0 Å². The highest BCUT2D eigenvalue weighted by Gasteiger charge is 2.19. The molecule has 0 unspecified atom stereocenters. The Bertz CT molecular complexity index is 161. The molecule has 0 spiro atoms. The third-order valence-corrected chi connectivity index (χ3v) is 2.47. The average molecular weight is 169 g/mol. The molecule has 0 amide bonds. The van der Waals surface area contributed by atoms with Gasteiger partial charge in [0.25, 0.3) is 0 Å². The van der Waals surface area contributed by atoms with Gasteiger partial charge in [-0.25, -0.2) is 0 Å². The van der Waals surface area contributed by atoms with Crippen LogP contribution in [0.2, 0.25) is 0 Å². The van der Waals surface area contributed by atoms with Crippen molar-refractivity contribution in [1.29, 1.82) is 0 Å². The van der Waals surface area contributed by atoms with Gasteiger partial charge in [0.05, 0.1) is 0 Å². The van der Waals surface area contributed by atoms with Crippen molar-refractivity contribution in [2.75, 3.05) is 20.1 Å². The summed E-state index contributed by atoms with van der Waals surface area (Å²) in [6, 6.07) is 0. The second-order valence-corrected chi connectivity index (χ2v) is 3.51. The van der Waals surface area contributed by atoms with Crippen LogP contribution in [0.3, 0.4) is 0 Å². The first-order valence-electron chi connectivity index (χ1n) is 4.75. The molecule has 2 N–H and O–H groups in total. The number of nitrogens with zero attached hydrogens (tertiary/aromatic N) is 2. The summed E-state index contributed by atoms with van der Waals surface area (Å²) in [5.74, 6) is 1.55. The Morgan fingerprint density at radius 3 is 2.67 bits per heavy atom. The van der Waals surface area contributed by atoms with E-state index in [0.29, 0.717) is 5.96 Å². The van der Waals surface area contributed by atoms with Crippen molar-refractivity contribution in [2.45, 2.75) is 26.2 Å². The fourth-order valence-corrected chi connectivity index (χ4v) is 1.44. The van der Waals surface area contributed by atoms with Crippen molar-refractivity contribution < 1.29 is 0 Å². The van der Waals surface area contributed by atoms with Crippen LogP contribution in [0.15, 0.2) is 4.99 Å². The molecular formula is C9H19N3. The van der Waals surface area contributed by atoms with E-state index in [1.807, 2.05) is 14.0 Å². The molecule has 0 aromatic rings. The number of nitrogens with two attached hydrogens (primary N) is 1. The molecule has 0 aromatic carbocycles. The van der Waals surface area contributed by atoms with Crippen LogP contribution in [0.25, 0.3) is 0 Å². The molecule has 1 aliphatic rings. The molecule has 1 fully saturated rings. The van der Waals surface area contributed by atoms with Crippen molar-refractivity contribution in [3.63, 3.8) is 0 Å². The van der Waals surface area contributed by atoms with E-state index in [0.717, 1.165) is 19.0 Å². The molecule has 0 aromatic heterocycles. The molecule has 70 valence electrons. The van der Waals surface area contributed by atoms with Crippen LogP contribution < -0.4 is 5.73 Å². The fourth-order valence-electron chi connectivity index (χ4n) is 1.44. The first-order valence-corrected chi connectivity index (χ1v) is 4.75. The van der Waals surface area contributed by atoms with E-state index in [4.69, 9.17) is 5.73 Å². The van der Waals surface area contributed by atoms with E-state index < -0.39 is 0 Å². The summed E-state index contributed by atoms with van der Waals surface area (Å²) < 4.78 is 0. The van der Waals surface area contributed by atoms with Gasteiger partial charge in [0.15, 0.2) is 5.96 Å². The molecule has 12 heavy (non-hydrogen) atoms. The minimum atomic E-state index is 0.685. The maximum atomic E-state index is 5.73. The lowest BCUT2D eigenvalue weighted by atomic mass is 9.85. The normalized spacial score (nSPS) is 19.0. The highest BCUT2D eigenvalue weighted by atomic mass is 15.2. The summed E-state index contributed by atoms with van der Waals surface area (Å²) in [5.41, 5.74) is 5.73. The smallest absolute Gasteiger partial charge is 0.190 e. The van der Waals surface area contributed by atoms with Gasteiger partial charge in [-0.2, -0.15) is 0 Å². The standard InChI is InChI=1S/C9H19N3/c1-3-11-9(10)12(2)7-8-5-4-6-8/h8H,3-7H2,1-2H3,(H2,10,11). The van der Waals surface area contributed by atoms with Gasteiger partial charge in [-0.1, -0.05) is 6.42 Å². The molecule has 3 heteroatoms. The Hall–Kier alpha value is -0.730. The van der Waals surface area contributed by atoms with Crippen LogP contribution in [0.1, 0.15) is 26.2 Å². The molecule has 1 aliphatic carbocycles. The monoisotopic (exact) mass is 169 g/mol. The third kappa shape index (κ3) is 2.40. The van der Waals surface area contributed by atoms with Crippen LogP contribution >= 0.6 is 0 Å². The maximum absolute atomic E-state index is 5.73. The van der Waals surface area contributed by atoms with Gasteiger partial charge in [-0.15, -0.1) is 0 Å². The molecule has 0 radical (unpaired) electrons. The predicted molar refractivity (Wildman–Crippen MR) is 52.1 cm³/mol. The summed E-state index contributed by atoms with van der Waals surface area (Å²) in [6.07, 6.45) is 4.12. The summed E-state index contributed by atoms with van der Waals surface area (Å²) >= 11 is 0. The number of hydrogen-bond acceptors (Lipinski definition) is 1. The van der Waals surface area contributed by atoms with Crippen molar-refractivity contribution in [1.82, 2.24) is 4.90 Å². The van der Waals surface area contributed by atoms with E-state index in [9.17, 15) is 0 Å². The van der Waals surface area contributed by atoms with E-state index in [2.05, 4.69) is 9.89 Å². The minimum absolute atomic E-state index is 0.685. The van der Waals surface area contributed by atoms with Crippen LogP contribution in [0.4, 0.5) is 0 Å². The van der Waals surface area contributed by atoms with Gasteiger partial charge in [0.1, 0.15) is 0 Å². The molecule has 0 bridgehead atoms. The van der Waals surface area contributed by atoms with E-state index in [-0.39, 0.29) is 0 Å². The van der Waals surface area contributed by atoms with Gasteiger partial charge >= 0.3 is 0 Å². The molecule has 1 rings (SSSR count). The van der Waals surface area contributed by atoms with Gasteiger partial charge in [0.2, 0.25) is 0 Å². The summed E-state index contributed by atoms with van der Waals surface area (Å²) in [7, 11) is 2.02. The van der Waals surface area contributed by atoms with Crippen LogP contribution in [-0.4, -0.2) is 31.0 Å². The third-order valence-electron chi connectivity index (χ3n) is 2.47. The van der Waals surface area contributed by atoms with Crippen molar-refractivity contribution in [2.24, 2.45) is 16.6 Å². The molecule has 0 aliphatic heterocycles. The minimum Gasteiger partial charge on any atom is -0.370 e. The SMILES string of the molecule is CCN=C(N)N(C)CC1CCC1. The number of rotatable bonds is 3. The number of aliphatic imine (C=N–C) groups is 1. The zero-order chi connectivity index (χ0) is 8.97. The van der Waals surface area contributed by atoms with E-state index in [1.54, 1.807) is 0 Å². The molecule has 0 heterocycles. The van der Waals surface area contributed by atoms with Gasteiger partial charge in [-0.05, 0) is 25.7 Å². The van der Waals surface area contributed by atoms with Crippen molar-refractivity contribution >= 4 is 5.96 Å². The Labute approximate surface area is 74.6 Å². The van der Waals surface area contributed by atoms with Crippen molar-refractivity contribution in [3.05, 3.63) is 0 Å². The zero-order valence-electron chi connectivity index (χ0n) is 8.08. The van der Waals surface area contributed by atoms with E-state index >= 15 is 0 Å². The fraction of sp³-hybridized carbons (Fsp3) is 0.889. The summed E-state index contributed by atoms with van der Waals surface area (Å²) in [5, 5.41) is 0. The molecule has 0 saturated heterocycles. The maximum Gasteiger partial charge on any atom is 0.190 e. The van der Waals surface area contributed by atoms with E-state index in [1.165, 1.54) is 19.3 Å². The highest BCUT2D eigenvalue weighted by molar-refractivity contribution is 5.77. The van der Waals surface area contributed by atoms with Crippen LogP contribution in [0, 0.1) is 5.92 Å². The summed E-state index contributed by atoms with van der Waals surface area (Å²) in [4.78, 5) is 6.22. The van der Waals surface area contributed by atoms with Gasteiger partial charge in [-0.3, -0.25) is 4.99 Å². The highest BCUT2D eigenvalue weighted by Crippen LogP contribution is 2.26. The quantitative estimate of drug-likeness (QED) is 0.507. The number of hydrogen-bond donors (Lipinski definition) is 1. The van der Waals surface area contributed by atoms with Gasteiger partial charge in [0, 0.05) is 20.1 Å². The predicted octanol–water partition coefficient (Wildman–Crippen LogP) is 1.05. The van der Waals surface area contributed by atoms with Gasteiger partial charge < -0.3 is 10.6 Å². The van der Waals surface area contributed by atoms with Crippen molar-refractivity contribution in [3.8, 4) is 0 Å². The summed E-state index contributed by atoms with van der Waals surface area (Å²) in [6.45, 7) is 3.86. The lowest BCUT2D eigenvalue weighted by Gasteiger charge is -2.30. The Morgan fingerprint density at radius 2 is 2.25 bits per heavy atom. The largest absolute Gasteiger partial charge is 0.370 e. The molecule has 3 nitrogen and oxygen atoms in total. The topological polar surface area (TPSA) is 41.6 Å². The molecule has 1 saturated carbocycles. The first kappa shape index (κ1) is 9.36. The Morgan fingerprint density at radius 1 is 1.58 bits per heavy atom. The van der Waals surface area contributed by atoms with Crippen LogP contribution in [-0.2, 0) is 0 Å². The second kappa shape index (κ2) is 4.33. The lowest BCUT2D eigenvalue weighted by Crippen LogP contribution is -2.39. The second-order valence-electron chi connectivity index (χ2n) is 3.51. The molecule has 0 atom stereocenters.